The molecule has 1 aliphatic heterocycles. The fourth-order valence-electron chi connectivity index (χ4n) is 3.03. The van der Waals surface area contributed by atoms with Crippen molar-refractivity contribution in [2.75, 3.05) is 26.8 Å². The number of nitrogens with one attached hydrogen (secondary N) is 1. The van der Waals surface area contributed by atoms with E-state index in [2.05, 4.69) is 5.32 Å². The van der Waals surface area contributed by atoms with Gasteiger partial charge >= 0.3 is 0 Å². The van der Waals surface area contributed by atoms with Crippen molar-refractivity contribution in [3.8, 4) is 0 Å². The van der Waals surface area contributed by atoms with Gasteiger partial charge in [0.25, 0.3) is 0 Å². The van der Waals surface area contributed by atoms with E-state index >= 15 is 0 Å². The van der Waals surface area contributed by atoms with Crippen LogP contribution in [-0.4, -0.2) is 26.8 Å². The van der Waals surface area contributed by atoms with Crippen molar-refractivity contribution in [1.29, 1.82) is 0 Å². The quantitative estimate of drug-likeness (QED) is 0.745. The van der Waals surface area contributed by atoms with E-state index in [1.54, 1.807) is 0 Å². The first-order chi connectivity index (χ1) is 6.92. The highest BCUT2D eigenvalue weighted by Gasteiger charge is 2.33. The highest BCUT2D eigenvalue weighted by atomic mass is 16.5. The summed E-state index contributed by atoms with van der Waals surface area (Å²) < 4.78 is 5.39. The molecule has 0 aromatic rings. The fourth-order valence-corrected chi connectivity index (χ4v) is 3.03. The van der Waals surface area contributed by atoms with Gasteiger partial charge in [-0.2, -0.15) is 0 Å². The number of methoxy groups -OCH3 is 1. The molecule has 2 nitrogen and oxygen atoms in total. The van der Waals surface area contributed by atoms with Crippen molar-refractivity contribution in [1.82, 2.24) is 5.32 Å². The summed E-state index contributed by atoms with van der Waals surface area (Å²) in [6, 6.07) is 0. The molecular formula is C12H23NO. The Morgan fingerprint density at radius 2 is 1.86 bits per heavy atom. The normalized spacial score (nSPS) is 27.2. The number of rotatable bonds is 4. The van der Waals surface area contributed by atoms with Crippen molar-refractivity contribution in [3.63, 3.8) is 0 Å². The zero-order valence-corrected chi connectivity index (χ0v) is 9.30. The summed E-state index contributed by atoms with van der Waals surface area (Å²) in [6.45, 7) is 3.44. The van der Waals surface area contributed by atoms with E-state index in [0.717, 1.165) is 24.4 Å². The summed E-state index contributed by atoms with van der Waals surface area (Å²) in [5.74, 6) is 2.69. The Hall–Kier alpha value is -0.0800. The van der Waals surface area contributed by atoms with Crippen molar-refractivity contribution in [3.05, 3.63) is 0 Å². The summed E-state index contributed by atoms with van der Waals surface area (Å²) >= 11 is 0. The van der Waals surface area contributed by atoms with Gasteiger partial charge in [0, 0.05) is 13.7 Å². The van der Waals surface area contributed by atoms with Gasteiger partial charge in [-0.25, -0.2) is 0 Å². The molecule has 1 heterocycles. The van der Waals surface area contributed by atoms with Gasteiger partial charge in [-0.3, -0.25) is 0 Å². The second-order valence-corrected chi connectivity index (χ2v) is 4.94. The lowest BCUT2D eigenvalue weighted by molar-refractivity contribution is 0.0471. The van der Waals surface area contributed by atoms with Crippen LogP contribution in [0, 0.1) is 17.8 Å². The molecule has 0 bridgehead atoms. The lowest BCUT2D eigenvalue weighted by atomic mass is 9.72. The van der Waals surface area contributed by atoms with Crippen LogP contribution in [0.4, 0.5) is 0 Å². The second kappa shape index (κ2) is 5.13. The maximum Gasteiger partial charge on any atom is 0.0496 e. The predicted octanol–water partition coefficient (Wildman–Crippen LogP) is 2.05. The van der Waals surface area contributed by atoms with E-state index in [4.69, 9.17) is 4.74 Å². The Morgan fingerprint density at radius 3 is 2.36 bits per heavy atom. The average Bonchev–Trinajstić information content (AvgIpc) is 2.16. The molecular weight excluding hydrogens is 174 g/mol. The smallest absolute Gasteiger partial charge is 0.0496 e. The standard InChI is InChI=1S/C12H23NO/c1-14-9-12(11-7-13-8-11)10-5-3-2-4-6-10/h10-13H,2-9H2,1H3. The van der Waals surface area contributed by atoms with E-state index in [1.165, 1.54) is 45.2 Å². The summed E-state index contributed by atoms with van der Waals surface area (Å²) in [4.78, 5) is 0. The van der Waals surface area contributed by atoms with Crippen LogP contribution in [-0.2, 0) is 4.74 Å². The maximum absolute atomic E-state index is 5.39. The van der Waals surface area contributed by atoms with Gasteiger partial charge in [0.15, 0.2) is 0 Å². The van der Waals surface area contributed by atoms with Gasteiger partial charge in [-0.1, -0.05) is 32.1 Å². The Bertz CT molecular complexity index is 162. The van der Waals surface area contributed by atoms with Crippen LogP contribution in [0.15, 0.2) is 0 Å². The summed E-state index contributed by atoms with van der Waals surface area (Å²) in [6.07, 6.45) is 7.25. The van der Waals surface area contributed by atoms with Gasteiger partial charge in [0.2, 0.25) is 0 Å². The summed E-state index contributed by atoms with van der Waals surface area (Å²) in [7, 11) is 1.85. The molecule has 2 aliphatic rings. The Morgan fingerprint density at radius 1 is 1.14 bits per heavy atom. The SMILES string of the molecule is COCC(C1CCCCC1)C1CNC1. The molecule has 2 heteroatoms. The Kier molecular flexibility index (Phi) is 3.82. The van der Waals surface area contributed by atoms with Crippen LogP contribution in [0.5, 0.6) is 0 Å². The van der Waals surface area contributed by atoms with Crippen LogP contribution in [0.3, 0.4) is 0 Å². The molecule has 2 rings (SSSR count). The van der Waals surface area contributed by atoms with E-state index in [0.29, 0.717) is 0 Å². The zero-order valence-electron chi connectivity index (χ0n) is 9.30. The van der Waals surface area contributed by atoms with E-state index in [1.807, 2.05) is 7.11 Å². The molecule has 1 unspecified atom stereocenters. The van der Waals surface area contributed by atoms with Gasteiger partial charge in [0.05, 0.1) is 0 Å². The second-order valence-electron chi connectivity index (χ2n) is 4.94. The molecule has 0 aromatic carbocycles. The highest BCUT2D eigenvalue weighted by Crippen LogP contribution is 2.35. The van der Waals surface area contributed by atoms with E-state index in [9.17, 15) is 0 Å². The first-order valence-electron chi connectivity index (χ1n) is 6.11. The van der Waals surface area contributed by atoms with E-state index < -0.39 is 0 Å². The summed E-state index contributed by atoms with van der Waals surface area (Å²) in [5.41, 5.74) is 0. The summed E-state index contributed by atoms with van der Waals surface area (Å²) in [5, 5.41) is 3.38. The number of hydrogen-bond acceptors (Lipinski definition) is 2. The monoisotopic (exact) mass is 197 g/mol. The van der Waals surface area contributed by atoms with Gasteiger partial charge < -0.3 is 10.1 Å². The largest absolute Gasteiger partial charge is 0.384 e. The van der Waals surface area contributed by atoms with Crippen LogP contribution in [0.25, 0.3) is 0 Å². The third kappa shape index (κ3) is 2.29. The third-order valence-electron chi connectivity index (χ3n) is 4.03. The van der Waals surface area contributed by atoms with Crippen molar-refractivity contribution in [2.45, 2.75) is 32.1 Å². The number of hydrogen-bond donors (Lipinski definition) is 1. The lowest BCUT2D eigenvalue weighted by Crippen LogP contribution is -2.49. The van der Waals surface area contributed by atoms with Gasteiger partial charge in [-0.05, 0) is 30.8 Å². The minimum Gasteiger partial charge on any atom is -0.384 e. The minimum absolute atomic E-state index is 0.835. The molecule has 14 heavy (non-hydrogen) atoms. The van der Waals surface area contributed by atoms with Crippen LogP contribution >= 0.6 is 0 Å². The molecule has 82 valence electrons. The molecule has 0 radical (unpaired) electrons. The topological polar surface area (TPSA) is 21.3 Å². The highest BCUT2D eigenvalue weighted by molar-refractivity contribution is 4.86. The Labute approximate surface area is 87.4 Å². The first kappa shape index (κ1) is 10.4. The molecule has 2 fully saturated rings. The van der Waals surface area contributed by atoms with Crippen LogP contribution < -0.4 is 5.32 Å². The first-order valence-corrected chi connectivity index (χ1v) is 6.11. The number of ether oxygens (including phenoxy) is 1. The van der Waals surface area contributed by atoms with Crippen LogP contribution in [0.2, 0.25) is 0 Å². The predicted molar refractivity (Wildman–Crippen MR) is 58.3 cm³/mol. The van der Waals surface area contributed by atoms with Crippen molar-refractivity contribution in [2.24, 2.45) is 17.8 Å². The lowest BCUT2D eigenvalue weighted by Gasteiger charge is -2.40. The van der Waals surface area contributed by atoms with E-state index in [-0.39, 0.29) is 0 Å². The Balaban J connectivity index is 1.86. The third-order valence-corrected chi connectivity index (χ3v) is 4.03. The van der Waals surface area contributed by atoms with Crippen LogP contribution in [0.1, 0.15) is 32.1 Å². The molecule has 1 N–H and O–H groups in total. The van der Waals surface area contributed by atoms with Crippen molar-refractivity contribution < 1.29 is 4.74 Å². The maximum atomic E-state index is 5.39. The minimum atomic E-state index is 0.835. The van der Waals surface area contributed by atoms with Crippen molar-refractivity contribution >= 4 is 0 Å². The fraction of sp³-hybridized carbons (Fsp3) is 1.00. The van der Waals surface area contributed by atoms with Gasteiger partial charge in [0.1, 0.15) is 0 Å². The molecule has 0 amide bonds. The zero-order chi connectivity index (χ0) is 9.80. The molecule has 1 saturated heterocycles. The molecule has 1 atom stereocenters. The molecule has 0 spiro atoms. The molecule has 0 aromatic heterocycles. The molecule has 1 aliphatic carbocycles. The molecule has 1 saturated carbocycles. The van der Waals surface area contributed by atoms with Gasteiger partial charge in [-0.15, -0.1) is 0 Å². The average molecular weight is 197 g/mol.